The fraction of sp³-hybridized carbons (Fsp3) is 0.278. The number of hydrogen-bond acceptors (Lipinski definition) is 8. The van der Waals surface area contributed by atoms with Crippen LogP contribution in [0.25, 0.3) is 44.1 Å². The first-order valence-electron chi connectivity index (χ1n) is 14.9. The Morgan fingerprint density at radius 3 is 1.35 bits per heavy atom. The highest BCUT2D eigenvalue weighted by Gasteiger charge is 2.34. The molecule has 8 nitrogen and oxygen atoms in total. The Labute approximate surface area is 272 Å². The van der Waals surface area contributed by atoms with Crippen LogP contribution >= 0.6 is 23.2 Å². The first-order chi connectivity index (χ1) is 21.7. The molecule has 0 saturated carbocycles. The Morgan fingerprint density at radius 1 is 0.565 bits per heavy atom. The van der Waals surface area contributed by atoms with Gasteiger partial charge < -0.3 is 8.83 Å². The summed E-state index contributed by atoms with van der Waals surface area (Å²) in [6, 6.07) is 13.1. The molecule has 8 rings (SSSR count). The number of benzene rings is 2. The van der Waals surface area contributed by atoms with E-state index in [9.17, 15) is 19.2 Å². The molecule has 232 valence electrons. The fourth-order valence-corrected chi connectivity index (χ4v) is 6.77. The summed E-state index contributed by atoms with van der Waals surface area (Å²) < 4.78 is 11.5. The van der Waals surface area contributed by atoms with Gasteiger partial charge in [0.15, 0.2) is 11.6 Å². The van der Waals surface area contributed by atoms with Crippen LogP contribution in [0.3, 0.4) is 0 Å². The van der Waals surface area contributed by atoms with Crippen LogP contribution in [0, 0.1) is 10.8 Å². The zero-order valence-electron chi connectivity index (χ0n) is 25.5. The molecule has 4 heterocycles. The molecular weight excluding hydrogens is 627 g/mol. The van der Waals surface area contributed by atoms with Crippen LogP contribution in [-0.2, 0) is 12.8 Å². The van der Waals surface area contributed by atoms with E-state index in [1.807, 2.05) is 27.7 Å². The van der Waals surface area contributed by atoms with Crippen LogP contribution in [0.15, 0.2) is 67.0 Å². The number of aromatic nitrogens is 2. The summed E-state index contributed by atoms with van der Waals surface area (Å²) in [5.74, 6) is 0.0486. The smallest absolute Gasteiger partial charge is 0.230 e. The second kappa shape index (κ2) is 10.6. The fourth-order valence-electron chi connectivity index (χ4n) is 6.43. The third-order valence-corrected chi connectivity index (χ3v) is 9.05. The highest BCUT2D eigenvalue weighted by atomic mass is 35.5. The van der Waals surface area contributed by atoms with E-state index >= 15 is 0 Å². The Morgan fingerprint density at radius 2 is 0.957 bits per heavy atom. The summed E-state index contributed by atoms with van der Waals surface area (Å²) in [5.41, 5.74) is 3.23. The molecular formula is C36H28Cl2N2O6. The number of Topliss-reactive ketones (excluding diaryl/α,β-unsaturated/α-hetero) is 2. The average Bonchev–Trinajstić information content (AvgIpc) is 2.96. The van der Waals surface area contributed by atoms with Gasteiger partial charge in [0.25, 0.3) is 0 Å². The second-order valence-electron chi connectivity index (χ2n) is 13.7. The number of ketones is 2. The Balaban J connectivity index is 0.000000147. The van der Waals surface area contributed by atoms with Crippen LogP contribution in [0.4, 0.5) is 0 Å². The van der Waals surface area contributed by atoms with E-state index in [-0.39, 0.29) is 44.7 Å². The molecule has 10 heteroatoms. The maximum absolute atomic E-state index is 12.7. The van der Waals surface area contributed by atoms with Gasteiger partial charge in [-0.3, -0.25) is 19.2 Å². The van der Waals surface area contributed by atoms with Gasteiger partial charge in [-0.05, 0) is 72.2 Å². The van der Waals surface area contributed by atoms with Crippen molar-refractivity contribution in [2.24, 2.45) is 10.8 Å². The number of carbonyl (C=O) groups excluding carboxylic acids is 2. The average molecular weight is 656 g/mol. The predicted octanol–water partition coefficient (Wildman–Crippen LogP) is 8.30. The van der Waals surface area contributed by atoms with Crippen molar-refractivity contribution in [3.05, 3.63) is 102 Å². The zero-order valence-corrected chi connectivity index (χ0v) is 27.1. The van der Waals surface area contributed by atoms with Gasteiger partial charge in [-0.15, -0.1) is 0 Å². The summed E-state index contributed by atoms with van der Waals surface area (Å²) in [5, 5.41) is 2.38. The normalized spacial score (nSPS) is 16.7. The van der Waals surface area contributed by atoms with Crippen molar-refractivity contribution in [2.45, 2.75) is 53.4 Å². The van der Waals surface area contributed by atoms with Crippen molar-refractivity contribution in [1.29, 1.82) is 0 Å². The van der Waals surface area contributed by atoms with Gasteiger partial charge >= 0.3 is 0 Å². The minimum Gasteiger partial charge on any atom is -0.437 e. The van der Waals surface area contributed by atoms with E-state index in [1.54, 1.807) is 48.5 Å². The van der Waals surface area contributed by atoms with Crippen molar-refractivity contribution < 1.29 is 18.4 Å². The Hall–Kier alpha value is -4.40. The largest absolute Gasteiger partial charge is 0.437 e. The topological polar surface area (TPSA) is 120 Å². The van der Waals surface area contributed by atoms with E-state index in [2.05, 4.69) is 9.97 Å². The van der Waals surface area contributed by atoms with Gasteiger partial charge in [0.2, 0.25) is 22.3 Å². The number of carbonyl (C=O) groups is 2. The summed E-state index contributed by atoms with van der Waals surface area (Å²) in [6.45, 7) is 8.16. The number of fused-ring (bicyclic) bond motifs is 6. The van der Waals surface area contributed by atoms with Crippen LogP contribution in [0.5, 0.6) is 0 Å². The van der Waals surface area contributed by atoms with Gasteiger partial charge in [0.05, 0.1) is 32.9 Å². The molecule has 46 heavy (non-hydrogen) atoms. The number of nitrogens with zero attached hydrogens (tertiary/aromatic N) is 2. The molecule has 4 aromatic heterocycles. The van der Waals surface area contributed by atoms with Crippen molar-refractivity contribution in [3.63, 3.8) is 0 Å². The number of rotatable bonds is 0. The van der Waals surface area contributed by atoms with Gasteiger partial charge in [0, 0.05) is 34.0 Å². The van der Waals surface area contributed by atoms with Crippen LogP contribution in [0.1, 0.15) is 72.6 Å². The van der Waals surface area contributed by atoms with E-state index in [0.29, 0.717) is 91.0 Å². The monoisotopic (exact) mass is 654 g/mol. The summed E-state index contributed by atoms with van der Waals surface area (Å²) in [4.78, 5) is 59.1. The third kappa shape index (κ3) is 5.29. The molecule has 2 aliphatic rings. The summed E-state index contributed by atoms with van der Waals surface area (Å²) in [7, 11) is 0. The van der Waals surface area contributed by atoms with Crippen molar-refractivity contribution in [3.8, 4) is 0 Å². The molecule has 0 unspecified atom stereocenters. The molecule has 2 aliphatic carbocycles. The Kier molecular flexibility index (Phi) is 6.96. The van der Waals surface area contributed by atoms with Gasteiger partial charge in [0.1, 0.15) is 11.2 Å². The second-order valence-corrected chi connectivity index (χ2v) is 14.6. The molecule has 0 atom stereocenters. The lowest BCUT2D eigenvalue weighted by Crippen LogP contribution is -2.28. The first kappa shape index (κ1) is 30.3. The molecule has 0 radical (unpaired) electrons. The van der Waals surface area contributed by atoms with E-state index in [4.69, 9.17) is 32.0 Å². The van der Waals surface area contributed by atoms with Crippen LogP contribution < -0.4 is 10.9 Å². The number of hydrogen-bond donors (Lipinski definition) is 0. The van der Waals surface area contributed by atoms with Crippen molar-refractivity contribution in [2.75, 3.05) is 0 Å². The minimum absolute atomic E-state index is 0.0243. The SMILES string of the molecule is CC1(C)CC(=O)c2cc3c(=O)c4cc(Cl)ccc4oc3nc2C1.CC1(C)CC(=O)c2cc3c(=O)c4cc(Cl)ccc4oc3nc2C1. The van der Waals surface area contributed by atoms with E-state index in [1.165, 1.54) is 0 Å². The standard InChI is InChI=1S/2C18H14ClNO3/c2*1-18(2)7-13-10(14(21)8-18)6-12-16(22)11-5-9(19)3-4-15(11)23-17(12)20-13/h2*3-6H,7-8H2,1-2H3. The van der Waals surface area contributed by atoms with Gasteiger partial charge in [-0.2, -0.15) is 0 Å². The summed E-state index contributed by atoms with van der Waals surface area (Å²) in [6.07, 6.45) is 2.29. The third-order valence-electron chi connectivity index (χ3n) is 8.58. The molecule has 0 saturated heterocycles. The predicted molar refractivity (Wildman–Crippen MR) is 178 cm³/mol. The molecule has 0 spiro atoms. The molecule has 0 N–H and O–H groups in total. The molecule has 0 aliphatic heterocycles. The minimum atomic E-state index is -0.211. The van der Waals surface area contributed by atoms with E-state index < -0.39 is 0 Å². The summed E-state index contributed by atoms with van der Waals surface area (Å²) >= 11 is 11.9. The zero-order chi connectivity index (χ0) is 32.7. The highest BCUT2D eigenvalue weighted by Crippen LogP contribution is 2.36. The maximum Gasteiger partial charge on any atom is 0.230 e. The number of halogens is 2. The van der Waals surface area contributed by atoms with E-state index in [0.717, 1.165) is 0 Å². The lowest BCUT2D eigenvalue weighted by atomic mass is 9.75. The van der Waals surface area contributed by atoms with Gasteiger partial charge in [-0.25, -0.2) is 9.97 Å². The van der Waals surface area contributed by atoms with Crippen LogP contribution in [-0.4, -0.2) is 21.5 Å². The number of pyridine rings is 2. The molecule has 2 aromatic carbocycles. The van der Waals surface area contributed by atoms with Gasteiger partial charge in [-0.1, -0.05) is 50.9 Å². The van der Waals surface area contributed by atoms with Crippen molar-refractivity contribution >= 4 is 78.9 Å². The molecule has 0 bridgehead atoms. The lowest BCUT2D eigenvalue weighted by molar-refractivity contribution is 0.0901. The maximum atomic E-state index is 12.7. The Bertz CT molecular complexity index is 2270. The highest BCUT2D eigenvalue weighted by molar-refractivity contribution is 6.31. The molecule has 0 amide bonds. The quantitative estimate of drug-likeness (QED) is 0.150. The molecule has 0 fully saturated rings. The molecule has 6 aromatic rings. The van der Waals surface area contributed by atoms with Crippen molar-refractivity contribution in [1.82, 2.24) is 9.97 Å². The van der Waals surface area contributed by atoms with Crippen LogP contribution in [0.2, 0.25) is 10.0 Å². The first-order valence-corrected chi connectivity index (χ1v) is 15.6. The lowest BCUT2D eigenvalue weighted by Gasteiger charge is -2.29.